The number of ether oxygens (including phenoxy) is 1. The third kappa shape index (κ3) is 10.3. The van der Waals surface area contributed by atoms with Crippen LogP contribution in [0.2, 0.25) is 0 Å². The molecule has 0 N–H and O–H groups in total. The molecule has 0 aliphatic heterocycles. The van der Waals surface area contributed by atoms with Crippen molar-refractivity contribution in [2.75, 3.05) is 6.61 Å². The topological polar surface area (TPSA) is 22.1 Å². The zero-order chi connectivity index (χ0) is 23.0. The Bertz CT molecular complexity index is 731. The normalized spacial score (nSPS) is 14.1. The Morgan fingerprint density at radius 3 is 2.18 bits per heavy atom. The molecule has 182 valence electrons. The number of benzene rings is 1. The maximum Gasteiger partial charge on any atom is 0.119 e. The molecule has 0 atom stereocenters. The van der Waals surface area contributed by atoms with Gasteiger partial charge in [0.2, 0.25) is 0 Å². The Morgan fingerprint density at radius 1 is 0.758 bits per heavy atom. The lowest BCUT2D eigenvalue weighted by Crippen LogP contribution is -1.98. The zero-order valence-electron chi connectivity index (χ0n) is 21.2. The molecule has 2 nitrogen and oxygen atoms in total. The van der Waals surface area contributed by atoms with Gasteiger partial charge in [0.15, 0.2) is 0 Å². The van der Waals surface area contributed by atoms with Gasteiger partial charge >= 0.3 is 0 Å². The van der Waals surface area contributed by atoms with Crippen LogP contribution in [0.1, 0.15) is 115 Å². The molecule has 1 heterocycles. The standard InChI is InChI=1S/C31H47NO/c1-2-3-4-5-6-7-11-18-28-19-24-31(32-26-28)29-20-22-30(23-21-29)33-25-14-9-8-10-15-27-16-12-13-17-27/h19-24,26-27H,2-18,25H2,1H3. The monoisotopic (exact) mass is 449 g/mol. The summed E-state index contributed by atoms with van der Waals surface area (Å²) in [5, 5.41) is 0. The second-order valence-electron chi connectivity index (χ2n) is 10.1. The van der Waals surface area contributed by atoms with E-state index in [-0.39, 0.29) is 0 Å². The van der Waals surface area contributed by atoms with Crippen LogP contribution in [0.25, 0.3) is 11.3 Å². The van der Waals surface area contributed by atoms with Crippen LogP contribution in [-0.4, -0.2) is 11.6 Å². The Hall–Kier alpha value is -1.83. The highest BCUT2D eigenvalue weighted by Crippen LogP contribution is 2.29. The van der Waals surface area contributed by atoms with Crippen molar-refractivity contribution in [2.24, 2.45) is 5.92 Å². The van der Waals surface area contributed by atoms with Gasteiger partial charge in [0.05, 0.1) is 12.3 Å². The van der Waals surface area contributed by atoms with Crippen LogP contribution in [0.4, 0.5) is 0 Å². The summed E-state index contributed by atoms with van der Waals surface area (Å²) < 4.78 is 5.96. The van der Waals surface area contributed by atoms with Crippen molar-refractivity contribution >= 4 is 0 Å². The van der Waals surface area contributed by atoms with Crippen molar-refractivity contribution in [1.29, 1.82) is 0 Å². The second-order valence-corrected chi connectivity index (χ2v) is 10.1. The van der Waals surface area contributed by atoms with Gasteiger partial charge < -0.3 is 4.74 Å². The van der Waals surface area contributed by atoms with Crippen molar-refractivity contribution in [3.8, 4) is 17.0 Å². The second kappa shape index (κ2) is 15.9. The summed E-state index contributed by atoms with van der Waals surface area (Å²) in [5.74, 6) is 2.01. The van der Waals surface area contributed by atoms with E-state index < -0.39 is 0 Å². The molecule has 1 aromatic heterocycles. The van der Waals surface area contributed by atoms with Crippen LogP contribution in [-0.2, 0) is 6.42 Å². The molecule has 0 amide bonds. The van der Waals surface area contributed by atoms with Crippen LogP contribution >= 0.6 is 0 Å². The molecule has 0 spiro atoms. The molecular formula is C31H47NO. The van der Waals surface area contributed by atoms with Gasteiger partial charge in [0.25, 0.3) is 0 Å². The van der Waals surface area contributed by atoms with Gasteiger partial charge in [0.1, 0.15) is 5.75 Å². The average molecular weight is 450 g/mol. The Kier molecular flexibility index (Phi) is 12.4. The van der Waals surface area contributed by atoms with Gasteiger partial charge in [-0.1, -0.05) is 103 Å². The molecule has 1 aromatic carbocycles. The number of rotatable bonds is 17. The van der Waals surface area contributed by atoms with E-state index in [0.717, 1.165) is 42.4 Å². The molecule has 2 aromatic rings. The summed E-state index contributed by atoms with van der Waals surface area (Å²) >= 11 is 0. The maximum absolute atomic E-state index is 5.96. The van der Waals surface area contributed by atoms with Crippen LogP contribution in [0.15, 0.2) is 42.6 Å². The van der Waals surface area contributed by atoms with Crippen molar-refractivity contribution in [3.05, 3.63) is 48.2 Å². The third-order valence-corrected chi connectivity index (χ3v) is 7.29. The fourth-order valence-electron chi connectivity index (χ4n) is 5.13. The predicted molar refractivity (Wildman–Crippen MR) is 142 cm³/mol. The fourth-order valence-corrected chi connectivity index (χ4v) is 5.13. The molecule has 2 heteroatoms. The highest BCUT2D eigenvalue weighted by atomic mass is 16.5. The van der Waals surface area contributed by atoms with Crippen LogP contribution in [0.5, 0.6) is 5.75 Å². The Labute approximate surface area is 203 Å². The van der Waals surface area contributed by atoms with Crippen molar-refractivity contribution in [1.82, 2.24) is 4.98 Å². The van der Waals surface area contributed by atoms with Gasteiger partial charge in [-0.15, -0.1) is 0 Å². The zero-order valence-corrected chi connectivity index (χ0v) is 21.2. The lowest BCUT2D eigenvalue weighted by Gasteiger charge is -2.09. The van der Waals surface area contributed by atoms with E-state index in [1.807, 2.05) is 0 Å². The number of hydrogen-bond acceptors (Lipinski definition) is 2. The number of pyridine rings is 1. The Morgan fingerprint density at radius 2 is 1.45 bits per heavy atom. The molecule has 0 saturated heterocycles. The molecule has 0 bridgehead atoms. The molecule has 1 fully saturated rings. The number of nitrogens with zero attached hydrogens (tertiary/aromatic N) is 1. The quantitative estimate of drug-likeness (QED) is 0.224. The first-order chi connectivity index (χ1) is 16.3. The largest absolute Gasteiger partial charge is 0.494 e. The van der Waals surface area contributed by atoms with Crippen LogP contribution < -0.4 is 4.74 Å². The minimum Gasteiger partial charge on any atom is -0.494 e. The predicted octanol–water partition coefficient (Wildman–Crippen LogP) is 9.56. The summed E-state index contributed by atoms with van der Waals surface area (Å²) in [6, 6.07) is 12.9. The molecular weight excluding hydrogens is 402 g/mol. The van der Waals surface area contributed by atoms with Crippen LogP contribution in [0.3, 0.4) is 0 Å². The minimum atomic E-state index is 0.828. The van der Waals surface area contributed by atoms with E-state index in [1.54, 1.807) is 0 Å². The third-order valence-electron chi connectivity index (χ3n) is 7.29. The van der Waals surface area contributed by atoms with E-state index in [1.165, 1.54) is 102 Å². The average Bonchev–Trinajstić information content (AvgIpc) is 3.37. The lowest BCUT2D eigenvalue weighted by atomic mass is 9.99. The van der Waals surface area contributed by atoms with Crippen LogP contribution in [0, 0.1) is 5.92 Å². The summed E-state index contributed by atoms with van der Waals surface area (Å²) in [6.07, 6.45) is 25.3. The first-order valence-corrected chi connectivity index (χ1v) is 14.0. The van der Waals surface area contributed by atoms with Gasteiger partial charge in [0, 0.05) is 11.8 Å². The SMILES string of the molecule is CCCCCCCCCc1ccc(-c2ccc(OCCCCCCC3CCCC3)cc2)nc1. The van der Waals surface area contributed by atoms with Crippen molar-refractivity contribution in [3.63, 3.8) is 0 Å². The Balaban J connectivity index is 1.27. The van der Waals surface area contributed by atoms with Gasteiger partial charge in [-0.3, -0.25) is 4.98 Å². The highest BCUT2D eigenvalue weighted by Gasteiger charge is 2.13. The number of unbranched alkanes of at least 4 members (excludes halogenated alkanes) is 9. The first kappa shape index (κ1) is 25.8. The van der Waals surface area contributed by atoms with Gasteiger partial charge in [-0.25, -0.2) is 0 Å². The minimum absolute atomic E-state index is 0.828. The summed E-state index contributed by atoms with van der Waals surface area (Å²) in [7, 11) is 0. The first-order valence-electron chi connectivity index (χ1n) is 14.0. The number of aryl methyl sites for hydroxylation is 1. The summed E-state index contributed by atoms with van der Waals surface area (Å²) in [5.41, 5.74) is 3.57. The molecule has 1 aliphatic rings. The molecule has 0 unspecified atom stereocenters. The molecule has 1 aliphatic carbocycles. The van der Waals surface area contributed by atoms with E-state index in [0.29, 0.717) is 0 Å². The number of aromatic nitrogens is 1. The molecule has 0 radical (unpaired) electrons. The van der Waals surface area contributed by atoms with Gasteiger partial charge in [-0.2, -0.15) is 0 Å². The van der Waals surface area contributed by atoms with E-state index >= 15 is 0 Å². The molecule has 1 saturated carbocycles. The molecule has 33 heavy (non-hydrogen) atoms. The lowest BCUT2D eigenvalue weighted by molar-refractivity contribution is 0.303. The van der Waals surface area contributed by atoms with Gasteiger partial charge in [-0.05, 0) is 61.1 Å². The fraction of sp³-hybridized carbons (Fsp3) is 0.645. The summed E-state index contributed by atoms with van der Waals surface area (Å²) in [4.78, 5) is 4.71. The smallest absolute Gasteiger partial charge is 0.119 e. The van der Waals surface area contributed by atoms with Crippen molar-refractivity contribution in [2.45, 2.75) is 116 Å². The maximum atomic E-state index is 5.96. The highest BCUT2D eigenvalue weighted by molar-refractivity contribution is 5.60. The van der Waals surface area contributed by atoms with E-state index in [2.05, 4.69) is 49.5 Å². The number of hydrogen-bond donors (Lipinski definition) is 0. The van der Waals surface area contributed by atoms with E-state index in [4.69, 9.17) is 9.72 Å². The van der Waals surface area contributed by atoms with E-state index in [9.17, 15) is 0 Å². The summed E-state index contributed by atoms with van der Waals surface area (Å²) in [6.45, 7) is 3.10. The molecule has 3 rings (SSSR count). The van der Waals surface area contributed by atoms with Crippen molar-refractivity contribution < 1.29 is 4.74 Å².